The fourth-order valence-electron chi connectivity index (χ4n) is 1.17. The average Bonchev–Trinajstić information content (AvgIpc) is 2.34. The van der Waals surface area contributed by atoms with Gasteiger partial charge in [-0.3, -0.25) is 9.59 Å². The predicted molar refractivity (Wildman–Crippen MR) is 73.0 cm³/mol. The monoisotopic (exact) mass is 288 g/mol. The molecule has 0 aliphatic rings. The van der Waals surface area contributed by atoms with Crippen LogP contribution in [0.25, 0.3) is 0 Å². The maximum atomic E-state index is 11.6. The Bertz CT molecular complexity index is 463. The standard InChI is InChI=1S/C12H14Cl2N2O2/c1-3-7(2)15-11(17)12(18)16-9-6-4-5-8(13)10(9)14/h4-7H,3H2,1-2H3,(H,15,17)(H,16,18). The number of benzene rings is 1. The molecule has 0 heterocycles. The topological polar surface area (TPSA) is 58.2 Å². The van der Waals surface area contributed by atoms with E-state index in [1.807, 2.05) is 13.8 Å². The number of hydrogen-bond acceptors (Lipinski definition) is 2. The van der Waals surface area contributed by atoms with Crippen molar-refractivity contribution in [3.63, 3.8) is 0 Å². The van der Waals surface area contributed by atoms with Gasteiger partial charge in [0.25, 0.3) is 0 Å². The van der Waals surface area contributed by atoms with Crippen molar-refractivity contribution in [3.8, 4) is 0 Å². The first kappa shape index (κ1) is 14.8. The van der Waals surface area contributed by atoms with Gasteiger partial charge in [-0.05, 0) is 25.5 Å². The van der Waals surface area contributed by atoms with Gasteiger partial charge >= 0.3 is 11.8 Å². The van der Waals surface area contributed by atoms with E-state index in [2.05, 4.69) is 10.6 Å². The first-order valence-electron chi connectivity index (χ1n) is 5.51. The Balaban J connectivity index is 2.70. The largest absolute Gasteiger partial charge is 0.345 e. The van der Waals surface area contributed by atoms with Gasteiger partial charge in [0.2, 0.25) is 0 Å². The van der Waals surface area contributed by atoms with Gasteiger partial charge in [0.05, 0.1) is 15.7 Å². The van der Waals surface area contributed by atoms with Gasteiger partial charge in [0.15, 0.2) is 0 Å². The summed E-state index contributed by atoms with van der Waals surface area (Å²) in [7, 11) is 0. The second-order valence-corrected chi connectivity index (χ2v) is 4.62. The van der Waals surface area contributed by atoms with Gasteiger partial charge in [-0.15, -0.1) is 0 Å². The zero-order valence-electron chi connectivity index (χ0n) is 10.1. The van der Waals surface area contributed by atoms with Crippen LogP contribution in [0, 0.1) is 0 Å². The summed E-state index contributed by atoms with van der Waals surface area (Å²) in [5, 5.41) is 5.50. The maximum absolute atomic E-state index is 11.6. The number of hydrogen-bond donors (Lipinski definition) is 2. The molecule has 1 aromatic carbocycles. The predicted octanol–water partition coefficient (Wildman–Crippen LogP) is 2.85. The lowest BCUT2D eigenvalue weighted by atomic mass is 10.2. The summed E-state index contributed by atoms with van der Waals surface area (Å²) < 4.78 is 0. The highest BCUT2D eigenvalue weighted by atomic mass is 35.5. The van der Waals surface area contributed by atoms with E-state index in [0.717, 1.165) is 6.42 Å². The van der Waals surface area contributed by atoms with Gasteiger partial charge < -0.3 is 10.6 Å². The lowest BCUT2D eigenvalue weighted by Gasteiger charge is -2.12. The van der Waals surface area contributed by atoms with Crippen LogP contribution in [-0.4, -0.2) is 17.9 Å². The molecule has 4 nitrogen and oxygen atoms in total. The molecule has 0 fully saturated rings. The molecule has 0 aromatic heterocycles. The quantitative estimate of drug-likeness (QED) is 0.841. The van der Waals surface area contributed by atoms with Crippen molar-refractivity contribution in [3.05, 3.63) is 28.2 Å². The molecule has 1 atom stereocenters. The molecule has 0 radical (unpaired) electrons. The summed E-state index contributed by atoms with van der Waals surface area (Å²) in [6.07, 6.45) is 0.747. The van der Waals surface area contributed by atoms with E-state index < -0.39 is 11.8 Å². The fourth-order valence-corrected chi connectivity index (χ4v) is 1.52. The van der Waals surface area contributed by atoms with Crippen LogP contribution in [0.5, 0.6) is 0 Å². The fraction of sp³-hybridized carbons (Fsp3) is 0.333. The van der Waals surface area contributed by atoms with Gasteiger partial charge in [-0.1, -0.05) is 36.2 Å². The van der Waals surface area contributed by atoms with E-state index in [1.54, 1.807) is 18.2 Å². The van der Waals surface area contributed by atoms with Gasteiger partial charge in [0.1, 0.15) is 0 Å². The molecule has 1 unspecified atom stereocenters. The van der Waals surface area contributed by atoms with Crippen molar-refractivity contribution in [2.24, 2.45) is 0 Å². The maximum Gasteiger partial charge on any atom is 0.313 e. The number of rotatable bonds is 3. The van der Waals surface area contributed by atoms with Crippen LogP contribution in [0.15, 0.2) is 18.2 Å². The first-order valence-corrected chi connectivity index (χ1v) is 6.27. The Morgan fingerprint density at radius 3 is 2.56 bits per heavy atom. The summed E-state index contributed by atoms with van der Waals surface area (Å²) in [4.78, 5) is 23.1. The molecule has 0 saturated carbocycles. The van der Waals surface area contributed by atoms with Crippen LogP contribution in [-0.2, 0) is 9.59 Å². The molecular formula is C12H14Cl2N2O2. The summed E-state index contributed by atoms with van der Waals surface area (Å²) >= 11 is 11.7. The summed E-state index contributed by atoms with van der Waals surface area (Å²) in [5.74, 6) is -1.46. The van der Waals surface area contributed by atoms with E-state index in [1.165, 1.54) is 0 Å². The second-order valence-electron chi connectivity index (χ2n) is 3.84. The number of anilines is 1. The number of amides is 2. The molecule has 18 heavy (non-hydrogen) atoms. The summed E-state index contributed by atoms with van der Waals surface area (Å²) in [6, 6.07) is 4.75. The number of carbonyl (C=O) groups excluding carboxylic acids is 2. The van der Waals surface area contributed by atoms with Crippen LogP contribution in [0.4, 0.5) is 5.69 Å². The lowest BCUT2D eigenvalue weighted by Crippen LogP contribution is -2.40. The third-order valence-electron chi connectivity index (χ3n) is 2.40. The van der Waals surface area contributed by atoms with E-state index in [9.17, 15) is 9.59 Å². The molecule has 0 aliphatic carbocycles. The smallest absolute Gasteiger partial charge is 0.313 e. The highest BCUT2D eigenvalue weighted by Gasteiger charge is 2.17. The Labute approximate surface area is 116 Å². The van der Waals surface area contributed by atoms with Gasteiger partial charge in [-0.2, -0.15) is 0 Å². The Kier molecular flexibility index (Phi) is 5.44. The number of nitrogens with one attached hydrogen (secondary N) is 2. The average molecular weight is 289 g/mol. The summed E-state index contributed by atoms with van der Waals surface area (Å²) in [6.45, 7) is 3.73. The van der Waals surface area contributed by atoms with Gasteiger partial charge in [0, 0.05) is 6.04 Å². The third-order valence-corrected chi connectivity index (χ3v) is 3.21. The Morgan fingerprint density at radius 1 is 1.28 bits per heavy atom. The van der Waals surface area contributed by atoms with Crippen molar-refractivity contribution >= 4 is 40.7 Å². The molecule has 98 valence electrons. The summed E-state index contributed by atoms with van der Waals surface area (Å²) in [5.41, 5.74) is 0.313. The molecule has 0 spiro atoms. The normalized spacial score (nSPS) is 11.8. The second kappa shape index (κ2) is 6.61. The van der Waals surface area contributed by atoms with Gasteiger partial charge in [-0.25, -0.2) is 0 Å². The van der Waals surface area contributed by atoms with E-state index in [4.69, 9.17) is 23.2 Å². The lowest BCUT2D eigenvalue weighted by molar-refractivity contribution is -0.136. The number of carbonyl (C=O) groups is 2. The first-order chi connectivity index (χ1) is 8.45. The molecule has 1 rings (SSSR count). The molecule has 6 heteroatoms. The SMILES string of the molecule is CCC(C)NC(=O)C(=O)Nc1cccc(Cl)c1Cl. The van der Waals surface area contributed by atoms with Crippen LogP contribution >= 0.6 is 23.2 Å². The van der Waals surface area contributed by atoms with Crippen LogP contribution < -0.4 is 10.6 Å². The minimum atomic E-state index is -0.764. The number of halogens is 2. The Hall–Kier alpha value is -1.26. The Morgan fingerprint density at radius 2 is 1.94 bits per heavy atom. The minimum absolute atomic E-state index is 0.0573. The van der Waals surface area contributed by atoms with Crippen LogP contribution in [0.1, 0.15) is 20.3 Å². The minimum Gasteiger partial charge on any atom is -0.345 e. The molecule has 1 aromatic rings. The zero-order valence-corrected chi connectivity index (χ0v) is 11.6. The van der Waals surface area contributed by atoms with E-state index in [-0.39, 0.29) is 11.1 Å². The highest BCUT2D eigenvalue weighted by molar-refractivity contribution is 6.45. The molecule has 0 saturated heterocycles. The third kappa shape index (κ3) is 3.89. The molecule has 0 bridgehead atoms. The zero-order chi connectivity index (χ0) is 13.7. The molecule has 2 N–H and O–H groups in total. The van der Waals surface area contributed by atoms with Crippen molar-refractivity contribution in [2.45, 2.75) is 26.3 Å². The van der Waals surface area contributed by atoms with Crippen LogP contribution in [0.3, 0.4) is 0 Å². The van der Waals surface area contributed by atoms with Crippen molar-refractivity contribution < 1.29 is 9.59 Å². The molecule has 0 aliphatic heterocycles. The molecular weight excluding hydrogens is 275 g/mol. The van der Waals surface area contributed by atoms with E-state index >= 15 is 0 Å². The molecule has 2 amide bonds. The van der Waals surface area contributed by atoms with Crippen molar-refractivity contribution in [1.29, 1.82) is 0 Å². The van der Waals surface area contributed by atoms with Crippen LogP contribution in [0.2, 0.25) is 10.0 Å². The highest BCUT2D eigenvalue weighted by Crippen LogP contribution is 2.29. The van der Waals surface area contributed by atoms with Crippen molar-refractivity contribution in [2.75, 3.05) is 5.32 Å². The van der Waals surface area contributed by atoms with E-state index in [0.29, 0.717) is 10.7 Å². The van der Waals surface area contributed by atoms with Crippen molar-refractivity contribution in [1.82, 2.24) is 5.32 Å².